The van der Waals surface area contributed by atoms with Gasteiger partial charge in [-0.05, 0) is 17.7 Å². The molecular formula is C14H21NO5. The molecule has 1 saturated heterocycles. The van der Waals surface area contributed by atoms with Crippen LogP contribution < -0.4 is 4.74 Å². The molecule has 6 nitrogen and oxygen atoms in total. The van der Waals surface area contributed by atoms with Crippen LogP contribution in [-0.4, -0.2) is 69.9 Å². The standard InChI is InChI=1S/C14H21NO5/c1-20-10-4-2-9(3-5-10)6-15-7-12(17)14(19)13(18)11(15)8-16/h2-5,11-14,16-19H,6-8H2,1H3/t11-,12+,13+,14-/m1/s1. The Morgan fingerprint density at radius 2 is 1.80 bits per heavy atom. The Kier molecular flexibility index (Phi) is 4.95. The summed E-state index contributed by atoms with van der Waals surface area (Å²) in [6, 6.07) is 6.84. The molecule has 1 aromatic rings. The molecule has 0 unspecified atom stereocenters. The lowest BCUT2D eigenvalue weighted by Crippen LogP contribution is -2.62. The number of nitrogens with zero attached hydrogens (tertiary/aromatic N) is 1. The first-order valence-electron chi connectivity index (χ1n) is 6.59. The van der Waals surface area contributed by atoms with Crippen LogP contribution in [0.1, 0.15) is 5.56 Å². The minimum absolute atomic E-state index is 0.204. The van der Waals surface area contributed by atoms with Crippen molar-refractivity contribution in [1.82, 2.24) is 4.90 Å². The van der Waals surface area contributed by atoms with Crippen LogP contribution in [0.2, 0.25) is 0 Å². The second-order valence-electron chi connectivity index (χ2n) is 5.08. The summed E-state index contributed by atoms with van der Waals surface area (Å²) in [5.41, 5.74) is 0.972. The molecule has 0 radical (unpaired) electrons. The molecule has 1 aliphatic heterocycles. The molecule has 1 heterocycles. The maximum absolute atomic E-state index is 9.91. The summed E-state index contributed by atoms with van der Waals surface area (Å²) in [7, 11) is 1.59. The van der Waals surface area contributed by atoms with Crippen molar-refractivity contribution >= 4 is 0 Å². The van der Waals surface area contributed by atoms with Gasteiger partial charge in [-0.2, -0.15) is 0 Å². The highest BCUT2D eigenvalue weighted by Crippen LogP contribution is 2.22. The van der Waals surface area contributed by atoms with Gasteiger partial charge < -0.3 is 25.2 Å². The Morgan fingerprint density at radius 3 is 2.35 bits per heavy atom. The fourth-order valence-corrected chi connectivity index (χ4v) is 2.53. The number of methoxy groups -OCH3 is 1. The number of aliphatic hydroxyl groups excluding tert-OH is 4. The van der Waals surface area contributed by atoms with E-state index in [2.05, 4.69) is 0 Å². The molecule has 0 aliphatic carbocycles. The molecule has 0 aromatic heterocycles. The van der Waals surface area contributed by atoms with E-state index in [1.54, 1.807) is 12.0 Å². The Morgan fingerprint density at radius 1 is 1.15 bits per heavy atom. The number of hydrogen-bond donors (Lipinski definition) is 4. The number of β-amino-alcohol motifs (C(OH)–C–C–N with tert-alkyl or cyclic N) is 1. The lowest BCUT2D eigenvalue weighted by atomic mass is 9.94. The van der Waals surface area contributed by atoms with Gasteiger partial charge in [0.1, 0.15) is 18.0 Å². The third kappa shape index (κ3) is 3.11. The van der Waals surface area contributed by atoms with E-state index < -0.39 is 24.4 Å². The van der Waals surface area contributed by atoms with Gasteiger partial charge >= 0.3 is 0 Å². The number of piperidine rings is 1. The number of rotatable bonds is 4. The molecule has 0 spiro atoms. The average Bonchev–Trinajstić information content (AvgIpc) is 2.46. The topological polar surface area (TPSA) is 93.4 Å². The second kappa shape index (κ2) is 6.51. The molecule has 2 rings (SSSR count). The van der Waals surface area contributed by atoms with Crippen LogP contribution in [0.5, 0.6) is 5.75 Å². The highest BCUT2D eigenvalue weighted by molar-refractivity contribution is 5.27. The summed E-state index contributed by atoms with van der Waals surface area (Å²) in [5.74, 6) is 0.751. The molecule has 1 aliphatic rings. The van der Waals surface area contributed by atoms with Gasteiger partial charge in [-0.15, -0.1) is 0 Å². The molecule has 1 aromatic carbocycles. The normalized spacial score (nSPS) is 31.2. The number of aliphatic hydroxyl groups is 4. The van der Waals surface area contributed by atoms with Crippen molar-refractivity contribution in [3.63, 3.8) is 0 Å². The Hall–Kier alpha value is -1.18. The summed E-state index contributed by atoms with van der Waals surface area (Å²) in [5, 5.41) is 38.7. The molecule has 0 saturated carbocycles. The van der Waals surface area contributed by atoms with E-state index in [-0.39, 0.29) is 13.2 Å². The SMILES string of the molecule is COc1ccc(CN2C[C@H](O)[C@@H](O)[C@@H](O)[C@H]2CO)cc1. The highest BCUT2D eigenvalue weighted by atomic mass is 16.5. The van der Waals surface area contributed by atoms with Crippen LogP contribution >= 0.6 is 0 Å². The van der Waals surface area contributed by atoms with Crippen LogP contribution in [-0.2, 0) is 6.54 Å². The lowest BCUT2D eigenvalue weighted by Gasteiger charge is -2.43. The van der Waals surface area contributed by atoms with Gasteiger partial charge in [-0.3, -0.25) is 4.90 Å². The average molecular weight is 283 g/mol. The van der Waals surface area contributed by atoms with Crippen molar-refractivity contribution in [2.45, 2.75) is 30.9 Å². The van der Waals surface area contributed by atoms with Gasteiger partial charge in [-0.25, -0.2) is 0 Å². The molecular weight excluding hydrogens is 262 g/mol. The first-order chi connectivity index (χ1) is 9.56. The highest BCUT2D eigenvalue weighted by Gasteiger charge is 2.40. The van der Waals surface area contributed by atoms with E-state index in [9.17, 15) is 20.4 Å². The van der Waals surface area contributed by atoms with Gasteiger partial charge in [0, 0.05) is 13.1 Å². The Balaban J connectivity index is 2.09. The Bertz CT molecular complexity index is 424. The quantitative estimate of drug-likeness (QED) is 0.564. The first-order valence-corrected chi connectivity index (χ1v) is 6.59. The van der Waals surface area contributed by atoms with Gasteiger partial charge in [0.05, 0.1) is 25.9 Å². The van der Waals surface area contributed by atoms with Crippen LogP contribution in [0.4, 0.5) is 0 Å². The first kappa shape index (κ1) is 15.2. The van der Waals surface area contributed by atoms with Crippen LogP contribution in [0.15, 0.2) is 24.3 Å². The van der Waals surface area contributed by atoms with Crippen LogP contribution in [0.25, 0.3) is 0 Å². The van der Waals surface area contributed by atoms with E-state index >= 15 is 0 Å². The zero-order valence-corrected chi connectivity index (χ0v) is 11.4. The number of ether oxygens (including phenoxy) is 1. The number of hydrogen-bond acceptors (Lipinski definition) is 6. The summed E-state index contributed by atoms with van der Waals surface area (Å²) in [6.07, 6.45) is -3.41. The zero-order chi connectivity index (χ0) is 14.7. The molecule has 0 bridgehead atoms. The van der Waals surface area contributed by atoms with Crippen LogP contribution in [0, 0.1) is 0 Å². The van der Waals surface area contributed by atoms with Crippen molar-refractivity contribution in [1.29, 1.82) is 0 Å². The second-order valence-corrected chi connectivity index (χ2v) is 5.08. The fourth-order valence-electron chi connectivity index (χ4n) is 2.53. The third-order valence-corrected chi connectivity index (χ3v) is 3.76. The summed E-state index contributed by atoms with van der Waals surface area (Å²) >= 11 is 0. The molecule has 1 fully saturated rings. The summed E-state index contributed by atoms with van der Waals surface area (Å²) < 4.78 is 5.08. The third-order valence-electron chi connectivity index (χ3n) is 3.76. The predicted octanol–water partition coefficient (Wildman–Crippen LogP) is -1.05. The van der Waals surface area contributed by atoms with E-state index in [0.29, 0.717) is 6.54 Å². The minimum Gasteiger partial charge on any atom is -0.497 e. The zero-order valence-electron chi connectivity index (χ0n) is 11.4. The smallest absolute Gasteiger partial charge is 0.118 e. The molecule has 4 N–H and O–H groups in total. The molecule has 112 valence electrons. The minimum atomic E-state index is -1.22. The predicted molar refractivity (Wildman–Crippen MR) is 72.3 cm³/mol. The van der Waals surface area contributed by atoms with Gasteiger partial charge in [0.15, 0.2) is 0 Å². The number of likely N-dealkylation sites (tertiary alicyclic amines) is 1. The molecule has 4 atom stereocenters. The largest absolute Gasteiger partial charge is 0.497 e. The lowest BCUT2D eigenvalue weighted by molar-refractivity contribution is -0.147. The van der Waals surface area contributed by atoms with Gasteiger partial charge in [0.25, 0.3) is 0 Å². The summed E-state index contributed by atoms with van der Waals surface area (Å²) in [4.78, 5) is 1.77. The summed E-state index contributed by atoms with van der Waals surface area (Å²) in [6.45, 7) is 0.395. The maximum atomic E-state index is 9.91. The van der Waals surface area contributed by atoms with E-state index in [0.717, 1.165) is 11.3 Å². The van der Waals surface area contributed by atoms with E-state index in [1.165, 1.54) is 0 Å². The molecule has 6 heteroatoms. The van der Waals surface area contributed by atoms with Crippen molar-refractivity contribution in [2.24, 2.45) is 0 Å². The fraction of sp³-hybridized carbons (Fsp3) is 0.571. The van der Waals surface area contributed by atoms with Crippen LogP contribution in [0.3, 0.4) is 0 Å². The van der Waals surface area contributed by atoms with Gasteiger partial charge in [0.2, 0.25) is 0 Å². The monoisotopic (exact) mass is 283 g/mol. The van der Waals surface area contributed by atoms with Crippen molar-refractivity contribution in [2.75, 3.05) is 20.3 Å². The van der Waals surface area contributed by atoms with Crippen molar-refractivity contribution in [3.05, 3.63) is 29.8 Å². The Labute approximate surface area is 117 Å². The molecule has 0 amide bonds. The van der Waals surface area contributed by atoms with Crippen molar-refractivity contribution in [3.8, 4) is 5.75 Å². The maximum Gasteiger partial charge on any atom is 0.118 e. The van der Waals surface area contributed by atoms with E-state index in [4.69, 9.17) is 4.74 Å². The van der Waals surface area contributed by atoms with Gasteiger partial charge in [-0.1, -0.05) is 12.1 Å². The van der Waals surface area contributed by atoms with Crippen molar-refractivity contribution < 1.29 is 25.2 Å². The number of benzene rings is 1. The van der Waals surface area contributed by atoms with E-state index in [1.807, 2.05) is 24.3 Å². The molecule has 20 heavy (non-hydrogen) atoms.